The molecule has 3 aromatic rings. The number of carbonyl (C=O) groups excluding carboxylic acids is 1. The Hall–Kier alpha value is -2.67. The second-order valence-electron chi connectivity index (χ2n) is 8.07. The van der Waals surface area contributed by atoms with E-state index in [1.807, 2.05) is 28.8 Å². The van der Waals surface area contributed by atoms with Gasteiger partial charge in [-0.25, -0.2) is 4.98 Å². The largest absolute Gasteiger partial charge is 0.354 e. The van der Waals surface area contributed by atoms with Crippen molar-refractivity contribution >= 4 is 22.6 Å². The van der Waals surface area contributed by atoms with Crippen LogP contribution < -0.4 is 10.9 Å². The Morgan fingerprint density at radius 2 is 1.93 bits per heavy atom. The number of nitrogens with one attached hydrogen (secondary N) is 1. The van der Waals surface area contributed by atoms with E-state index in [4.69, 9.17) is 0 Å². The average Bonchev–Trinajstić information content (AvgIpc) is 3.20. The number of aromatic nitrogens is 3. The Bertz CT molecular complexity index is 1060. The third-order valence-electron chi connectivity index (χ3n) is 6.09. The van der Waals surface area contributed by atoms with Crippen LogP contribution in [-0.4, -0.2) is 49.9 Å². The van der Waals surface area contributed by atoms with Gasteiger partial charge in [0.05, 0.1) is 5.52 Å². The van der Waals surface area contributed by atoms with E-state index in [0.29, 0.717) is 29.8 Å². The Labute approximate surface area is 170 Å². The lowest BCUT2D eigenvalue weighted by Gasteiger charge is -2.39. The Morgan fingerprint density at radius 3 is 2.72 bits per heavy atom. The molecular formula is C22H29N5O2. The fraction of sp³-hybridized carbons (Fsp3) is 0.500. The molecule has 154 valence electrons. The lowest BCUT2D eigenvalue weighted by atomic mass is 9.97. The van der Waals surface area contributed by atoms with Crippen LogP contribution in [0.15, 0.2) is 41.5 Å². The van der Waals surface area contributed by atoms with Gasteiger partial charge in [-0.3, -0.25) is 19.1 Å². The number of nitrogens with zero attached hydrogens (tertiary/aromatic N) is 4. The molecule has 0 aliphatic carbocycles. The molecule has 2 atom stereocenters. The van der Waals surface area contributed by atoms with Gasteiger partial charge in [0.2, 0.25) is 5.91 Å². The third kappa shape index (κ3) is 3.92. The van der Waals surface area contributed by atoms with Gasteiger partial charge in [0.1, 0.15) is 12.1 Å². The molecule has 7 nitrogen and oxygen atoms in total. The first-order valence-electron chi connectivity index (χ1n) is 10.5. The van der Waals surface area contributed by atoms with Crippen LogP contribution in [0.1, 0.15) is 39.5 Å². The number of amides is 1. The van der Waals surface area contributed by atoms with Crippen molar-refractivity contribution in [1.82, 2.24) is 24.2 Å². The molecule has 1 saturated heterocycles. The van der Waals surface area contributed by atoms with Crippen molar-refractivity contribution in [1.29, 1.82) is 0 Å². The van der Waals surface area contributed by atoms with Crippen LogP contribution in [0.5, 0.6) is 0 Å². The van der Waals surface area contributed by atoms with E-state index in [2.05, 4.69) is 29.0 Å². The number of carbonyl (C=O) groups is 1. The van der Waals surface area contributed by atoms with E-state index < -0.39 is 0 Å². The quantitative estimate of drug-likeness (QED) is 0.651. The van der Waals surface area contributed by atoms with Gasteiger partial charge < -0.3 is 9.72 Å². The van der Waals surface area contributed by atoms with Crippen LogP contribution in [0.4, 0.5) is 0 Å². The maximum Gasteiger partial charge on any atom is 0.276 e. The third-order valence-corrected chi connectivity index (χ3v) is 6.09. The van der Waals surface area contributed by atoms with Crippen LogP contribution in [0.25, 0.3) is 16.7 Å². The predicted molar refractivity (Wildman–Crippen MR) is 114 cm³/mol. The Kier molecular flexibility index (Phi) is 5.67. The monoisotopic (exact) mass is 395 g/mol. The highest BCUT2D eigenvalue weighted by atomic mass is 16.2. The smallest absolute Gasteiger partial charge is 0.276 e. The molecule has 1 aliphatic heterocycles. The van der Waals surface area contributed by atoms with Crippen molar-refractivity contribution in [3.8, 4) is 0 Å². The summed E-state index contributed by atoms with van der Waals surface area (Å²) in [6, 6.07) is 8.56. The predicted octanol–water partition coefficient (Wildman–Crippen LogP) is 2.42. The highest BCUT2D eigenvalue weighted by Crippen LogP contribution is 2.22. The summed E-state index contributed by atoms with van der Waals surface area (Å²) in [4.78, 5) is 32.3. The van der Waals surface area contributed by atoms with Crippen molar-refractivity contribution in [3.63, 3.8) is 0 Å². The van der Waals surface area contributed by atoms with E-state index in [1.54, 1.807) is 12.3 Å². The van der Waals surface area contributed by atoms with Crippen molar-refractivity contribution in [2.24, 2.45) is 0 Å². The van der Waals surface area contributed by atoms with E-state index in [1.165, 1.54) is 23.8 Å². The molecule has 3 aromatic heterocycles. The molecule has 4 rings (SSSR count). The summed E-state index contributed by atoms with van der Waals surface area (Å²) in [5, 5.41) is 2.97. The number of rotatable bonds is 6. The van der Waals surface area contributed by atoms with E-state index in [-0.39, 0.29) is 18.0 Å². The summed E-state index contributed by atoms with van der Waals surface area (Å²) in [6.07, 6.45) is 8.20. The number of pyridine rings is 1. The van der Waals surface area contributed by atoms with Crippen molar-refractivity contribution in [3.05, 3.63) is 47.0 Å². The molecule has 1 amide bonds. The molecule has 0 bridgehead atoms. The topological polar surface area (TPSA) is 71.6 Å². The van der Waals surface area contributed by atoms with Gasteiger partial charge in [-0.05, 0) is 57.4 Å². The summed E-state index contributed by atoms with van der Waals surface area (Å²) in [5.74, 6) is -0.158. The zero-order chi connectivity index (χ0) is 20.4. The van der Waals surface area contributed by atoms with Crippen LogP contribution >= 0.6 is 0 Å². The summed E-state index contributed by atoms with van der Waals surface area (Å²) >= 11 is 0. The van der Waals surface area contributed by atoms with Crippen LogP contribution in [0.2, 0.25) is 0 Å². The van der Waals surface area contributed by atoms with E-state index in [9.17, 15) is 9.59 Å². The fourth-order valence-corrected chi connectivity index (χ4v) is 4.54. The zero-order valence-electron chi connectivity index (χ0n) is 17.2. The van der Waals surface area contributed by atoms with Gasteiger partial charge >= 0.3 is 0 Å². The molecule has 0 unspecified atom stereocenters. The molecule has 0 spiro atoms. The summed E-state index contributed by atoms with van der Waals surface area (Å²) < 4.78 is 3.29. The summed E-state index contributed by atoms with van der Waals surface area (Å²) in [6.45, 7) is 6.16. The van der Waals surface area contributed by atoms with E-state index >= 15 is 0 Å². The lowest BCUT2D eigenvalue weighted by molar-refractivity contribution is -0.121. The van der Waals surface area contributed by atoms with Crippen molar-refractivity contribution in [2.45, 2.75) is 58.2 Å². The van der Waals surface area contributed by atoms with E-state index in [0.717, 1.165) is 18.5 Å². The minimum absolute atomic E-state index is 0.0233. The zero-order valence-corrected chi connectivity index (χ0v) is 17.2. The SMILES string of the molecule is C[C@@H]1CCC[C@@H](C)N1CCCNC(=O)Cn1c(=O)c2cccn2c2cccnc21. The highest BCUT2D eigenvalue weighted by molar-refractivity contribution is 5.80. The minimum atomic E-state index is -0.202. The molecule has 29 heavy (non-hydrogen) atoms. The molecule has 7 heteroatoms. The number of piperidine rings is 1. The molecule has 4 heterocycles. The number of fused-ring (bicyclic) bond motifs is 3. The molecule has 1 fully saturated rings. The highest BCUT2D eigenvalue weighted by Gasteiger charge is 2.23. The lowest BCUT2D eigenvalue weighted by Crippen LogP contribution is -2.45. The second-order valence-corrected chi connectivity index (χ2v) is 8.07. The summed E-state index contributed by atoms with van der Waals surface area (Å²) in [7, 11) is 0. The van der Waals surface area contributed by atoms with Gasteiger partial charge in [0, 0.05) is 37.6 Å². The van der Waals surface area contributed by atoms with Gasteiger partial charge in [0.25, 0.3) is 5.56 Å². The van der Waals surface area contributed by atoms with Crippen molar-refractivity contribution in [2.75, 3.05) is 13.1 Å². The molecule has 0 aromatic carbocycles. The first-order chi connectivity index (χ1) is 14.1. The molecule has 0 saturated carbocycles. The number of hydrogen-bond acceptors (Lipinski definition) is 4. The minimum Gasteiger partial charge on any atom is -0.354 e. The summed E-state index contributed by atoms with van der Waals surface area (Å²) in [5.41, 5.74) is 1.68. The van der Waals surface area contributed by atoms with Gasteiger partial charge in [0.15, 0.2) is 5.65 Å². The molecular weight excluding hydrogens is 366 g/mol. The van der Waals surface area contributed by atoms with Crippen LogP contribution in [-0.2, 0) is 11.3 Å². The number of hydrogen-bond donors (Lipinski definition) is 1. The van der Waals surface area contributed by atoms with Crippen LogP contribution in [0, 0.1) is 0 Å². The molecule has 0 radical (unpaired) electrons. The Morgan fingerprint density at radius 1 is 1.17 bits per heavy atom. The average molecular weight is 396 g/mol. The van der Waals surface area contributed by atoms with Gasteiger partial charge in [-0.2, -0.15) is 0 Å². The van der Waals surface area contributed by atoms with Crippen molar-refractivity contribution < 1.29 is 4.79 Å². The maximum absolute atomic E-state index is 12.9. The molecule has 1 N–H and O–H groups in total. The fourth-order valence-electron chi connectivity index (χ4n) is 4.54. The number of likely N-dealkylation sites (tertiary alicyclic amines) is 1. The second kappa shape index (κ2) is 8.37. The normalized spacial score (nSPS) is 20.3. The first kappa shape index (κ1) is 19.6. The Balaban J connectivity index is 1.41. The standard InChI is InChI=1S/C22H29N5O2/c1-16-7-3-8-17(2)25(16)14-6-12-23-20(28)15-27-21-18(9-4-11-24-21)26-13-5-10-19(26)22(27)29/h4-5,9-11,13,16-17H,3,6-8,12,14-15H2,1-2H3,(H,23,28)/t16-,17-/m1/s1. The molecule has 1 aliphatic rings. The van der Waals surface area contributed by atoms with Gasteiger partial charge in [-0.15, -0.1) is 0 Å². The first-order valence-corrected chi connectivity index (χ1v) is 10.5. The van der Waals surface area contributed by atoms with Gasteiger partial charge in [-0.1, -0.05) is 6.42 Å². The maximum atomic E-state index is 12.9. The van der Waals surface area contributed by atoms with Crippen LogP contribution in [0.3, 0.4) is 0 Å².